The SMILES string of the molecule is CC(=O)C[C@@H](C)c1ccc(OC2CN(c3nccc(C(F)(F)F)c3F)C2)cc1. The molecule has 0 amide bonds. The summed E-state index contributed by atoms with van der Waals surface area (Å²) in [6, 6.07) is 7.97. The van der Waals surface area contributed by atoms with E-state index < -0.39 is 17.6 Å². The smallest absolute Gasteiger partial charge is 0.419 e. The van der Waals surface area contributed by atoms with Gasteiger partial charge in [0.1, 0.15) is 17.6 Å². The van der Waals surface area contributed by atoms with Crippen LogP contribution in [0.1, 0.15) is 37.3 Å². The van der Waals surface area contributed by atoms with Crippen LogP contribution in [0, 0.1) is 5.82 Å². The van der Waals surface area contributed by atoms with Gasteiger partial charge in [0.2, 0.25) is 0 Å². The third-order valence-electron chi connectivity index (χ3n) is 4.67. The van der Waals surface area contributed by atoms with Crippen LogP contribution in [0.2, 0.25) is 0 Å². The van der Waals surface area contributed by atoms with Gasteiger partial charge in [-0.1, -0.05) is 19.1 Å². The minimum absolute atomic E-state index is 0.112. The molecule has 2 aromatic rings. The van der Waals surface area contributed by atoms with Gasteiger partial charge in [-0.15, -0.1) is 0 Å². The van der Waals surface area contributed by atoms with Gasteiger partial charge in [-0.05, 0) is 36.6 Å². The standard InChI is InChI=1S/C20H20F4N2O2/c1-12(9-13(2)27)14-3-5-15(6-4-14)28-16-10-26(11-16)19-18(21)17(7-8-25-19)20(22,23)24/h3-8,12,16H,9-11H2,1-2H3/t12-/m1/s1. The van der Waals surface area contributed by atoms with E-state index >= 15 is 0 Å². The molecular weight excluding hydrogens is 376 g/mol. The number of halogens is 4. The topological polar surface area (TPSA) is 42.4 Å². The number of Topliss-reactive ketones (excluding diaryl/α,β-unsaturated/α-hetero) is 1. The fourth-order valence-electron chi connectivity index (χ4n) is 3.17. The van der Waals surface area contributed by atoms with Gasteiger partial charge in [-0.25, -0.2) is 9.37 Å². The van der Waals surface area contributed by atoms with Gasteiger partial charge in [0.05, 0.1) is 18.7 Å². The predicted molar refractivity (Wildman–Crippen MR) is 96.0 cm³/mol. The van der Waals surface area contributed by atoms with Crippen molar-refractivity contribution in [3.8, 4) is 5.75 Å². The minimum Gasteiger partial charge on any atom is -0.487 e. The summed E-state index contributed by atoms with van der Waals surface area (Å²) in [5, 5.41) is 0. The summed E-state index contributed by atoms with van der Waals surface area (Å²) >= 11 is 0. The number of pyridine rings is 1. The number of nitrogens with zero attached hydrogens (tertiary/aromatic N) is 2. The van der Waals surface area contributed by atoms with Crippen molar-refractivity contribution in [2.45, 2.75) is 38.5 Å². The zero-order chi connectivity index (χ0) is 20.5. The number of ether oxygens (including phenoxy) is 1. The lowest BCUT2D eigenvalue weighted by Gasteiger charge is -2.40. The van der Waals surface area contributed by atoms with Gasteiger partial charge < -0.3 is 14.4 Å². The van der Waals surface area contributed by atoms with Crippen LogP contribution >= 0.6 is 0 Å². The molecule has 1 aromatic heterocycles. The Morgan fingerprint density at radius 3 is 2.46 bits per heavy atom. The van der Waals surface area contributed by atoms with E-state index in [0.717, 1.165) is 11.8 Å². The van der Waals surface area contributed by atoms with Crippen LogP contribution in [0.5, 0.6) is 5.75 Å². The van der Waals surface area contributed by atoms with E-state index in [-0.39, 0.29) is 36.7 Å². The number of carbonyl (C=O) groups excluding carboxylic acids is 1. The highest BCUT2D eigenvalue weighted by Crippen LogP contribution is 2.35. The van der Waals surface area contributed by atoms with Crippen molar-refractivity contribution in [2.24, 2.45) is 0 Å². The molecule has 8 heteroatoms. The molecule has 0 bridgehead atoms. The quantitative estimate of drug-likeness (QED) is 0.670. The van der Waals surface area contributed by atoms with Crippen LogP contribution in [-0.4, -0.2) is 30.0 Å². The average Bonchev–Trinajstić information content (AvgIpc) is 2.57. The van der Waals surface area contributed by atoms with E-state index in [0.29, 0.717) is 18.2 Å². The van der Waals surface area contributed by atoms with Crippen molar-refractivity contribution in [3.63, 3.8) is 0 Å². The van der Waals surface area contributed by atoms with Crippen LogP contribution in [0.4, 0.5) is 23.4 Å². The summed E-state index contributed by atoms with van der Waals surface area (Å²) in [6.45, 7) is 4.01. The van der Waals surface area contributed by atoms with Gasteiger partial charge in [0.15, 0.2) is 11.6 Å². The number of rotatable bonds is 6. The molecule has 1 atom stereocenters. The van der Waals surface area contributed by atoms with Crippen LogP contribution in [-0.2, 0) is 11.0 Å². The first kappa shape index (κ1) is 20.1. The number of hydrogen-bond acceptors (Lipinski definition) is 4. The fourth-order valence-corrected chi connectivity index (χ4v) is 3.17. The molecule has 1 fully saturated rings. The average molecular weight is 396 g/mol. The predicted octanol–water partition coefficient (Wildman–Crippen LogP) is 4.59. The summed E-state index contributed by atoms with van der Waals surface area (Å²) in [6.07, 6.45) is -3.61. The minimum atomic E-state index is -4.76. The van der Waals surface area contributed by atoms with E-state index in [9.17, 15) is 22.4 Å². The van der Waals surface area contributed by atoms with Crippen LogP contribution in [0.25, 0.3) is 0 Å². The second-order valence-electron chi connectivity index (χ2n) is 7.01. The number of carbonyl (C=O) groups is 1. The Kier molecular flexibility index (Phi) is 5.58. The van der Waals surface area contributed by atoms with E-state index in [4.69, 9.17) is 4.74 Å². The normalized spacial score (nSPS) is 15.9. The molecule has 28 heavy (non-hydrogen) atoms. The highest BCUT2D eigenvalue weighted by molar-refractivity contribution is 5.76. The van der Waals surface area contributed by atoms with E-state index in [1.54, 1.807) is 19.1 Å². The van der Waals surface area contributed by atoms with Crippen molar-refractivity contribution in [1.82, 2.24) is 4.98 Å². The number of alkyl halides is 3. The van der Waals surface area contributed by atoms with Gasteiger partial charge in [-0.2, -0.15) is 13.2 Å². The summed E-state index contributed by atoms with van der Waals surface area (Å²) in [5.41, 5.74) is -0.301. The Labute approximate surface area is 160 Å². The molecule has 4 nitrogen and oxygen atoms in total. The zero-order valence-electron chi connectivity index (χ0n) is 15.5. The molecule has 0 radical (unpaired) electrons. The Hall–Kier alpha value is -2.64. The molecular formula is C20H20F4N2O2. The molecule has 1 saturated heterocycles. The highest BCUT2D eigenvalue weighted by Gasteiger charge is 2.38. The first-order valence-corrected chi connectivity index (χ1v) is 8.88. The van der Waals surface area contributed by atoms with Crippen molar-refractivity contribution in [1.29, 1.82) is 0 Å². The molecule has 1 aliphatic heterocycles. The maximum absolute atomic E-state index is 14.1. The van der Waals surface area contributed by atoms with Gasteiger partial charge in [0.25, 0.3) is 0 Å². The van der Waals surface area contributed by atoms with E-state index in [2.05, 4.69) is 4.98 Å². The highest BCUT2D eigenvalue weighted by atomic mass is 19.4. The Balaban J connectivity index is 1.59. The third kappa shape index (κ3) is 4.43. The third-order valence-corrected chi connectivity index (χ3v) is 4.67. The molecule has 150 valence electrons. The molecule has 0 N–H and O–H groups in total. The van der Waals surface area contributed by atoms with Crippen LogP contribution in [0.15, 0.2) is 36.5 Å². The van der Waals surface area contributed by atoms with Gasteiger partial charge in [0, 0.05) is 12.6 Å². The Morgan fingerprint density at radius 1 is 1.25 bits per heavy atom. The number of anilines is 1. The molecule has 1 aliphatic rings. The molecule has 0 spiro atoms. The van der Waals surface area contributed by atoms with Gasteiger partial charge in [-0.3, -0.25) is 0 Å². The van der Waals surface area contributed by atoms with E-state index in [1.165, 1.54) is 4.90 Å². The van der Waals surface area contributed by atoms with Crippen molar-refractivity contribution >= 4 is 11.6 Å². The second-order valence-corrected chi connectivity index (χ2v) is 7.01. The second kappa shape index (κ2) is 7.77. The van der Waals surface area contributed by atoms with Crippen molar-refractivity contribution < 1.29 is 27.1 Å². The molecule has 0 aliphatic carbocycles. The van der Waals surface area contributed by atoms with E-state index in [1.807, 2.05) is 19.1 Å². The number of ketones is 1. The molecule has 0 saturated carbocycles. The number of hydrogen-bond donors (Lipinski definition) is 0. The largest absolute Gasteiger partial charge is 0.487 e. The summed E-state index contributed by atoms with van der Waals surface area (Å²) in [7, 11) is 0. The number of aromatic nitrogens is 1. The molecule has 3 rings (SSSR count). The van der Waals surface area contributed by atoms with Gasteiger partial charge >= 0.3 is 6.18 Å². The summed E-state index contributed by atoms with van der Waals surface area (Å²) in [5.74, 6) is -0.834. The van der Waals surface area contributed by atoms with Crippen molar-refractivity contribution in [2.75, 3.05) is 18.0 Å². The van der Waals surface area contributed by atoms with Crippen molar-refractivity contribution in [3.05, 3.63) is 53.5 Å². The lowest BCUT2D eigenvalue weighted by atomic mass is 9.96. The summed E-state index contributed by atoms with van der Waals surface area (Å²) < 4.78 is 58.3. The number of benzene rings is 1. The fraction of sp³-hybridized carbons (Fsp3) is 0.400. The maximum atomic E-state index is 14.1. The Morgan fingerprint density at radius 2 is 1.89 bits per heavy atom. The molecule has 2 heterocycles. The lowest BCUT2D eigenvalue weighted by Crippen LogP contribution is -2.54. The van der Waals surface area contributed by atoms with Crippen LogP contribution < -0.4 is 9.64 Å². The lowest BCUT2D eigenvalue weighted by molar-refractivity contribution is -0.140. The Bertz CT molecular complexity index is 846. The first-order chi connectivity index (χ1) is 13.1. The zero-order valence-corrected chi connectivity index (χ0v) is 15.5. The molecule has 0 unspecified atom stereocenters. The molecule has 1 aromatic carbocycles. The summed E-state index contributed by atoms with van der Waals surface area (Å²) in [4.78, 5) is 16.4. The maximum Gasteiger partial charge on any atom is 0.419 e. The first-order valence-electron chi connectivity index (χ1n) is 8.88. The monoisotopic (exact) mass is 396 g/mol. The van der Waals surface area contributed by atoms with Crippen LogP contribution in [0.3, 0.4) is 0 Å².